The van der Waals surface area contributed by atoms with Gasteiger partial charge in [-0.15, -0.1) is 0 Å². The number of rotatable bonds is 4. The van der Waals surface area contributed by atoms with Crippen LogP contribution < -0.4 is 4.74 Å². The average Bonchev–Trinajstić information content (AvgIpc) is 2.53. The van der Waals surface area contributed by atoms with Gasteiger partial charge in [0.15, 0.2) is 0 Å². The number of fused-ring (bicyclic) bond motifs is 1. The fraction of sp³-hybridized carbons (Fsp3) is 0.471. The Hall–Kier alpha value is -1.81. The molecule has 0 radical (unpaired) electrons. The van der Waals surface area contributed by atoms with E-state index in [2.05, 4.69) is 17.0 Å². The van der Waals surface area contributed by atoms with Crippen LogP contribution in [0.2, 0.25) is 0 Å². The topological polar surface area (TPSA) is 49.8 Å². The molecule has 1 unspecified atom stereocenters. The predicted molar refractivity (Wildman–Crippen MR) is 80.5 cm³/mol. The minimum absolute atomic E-state index is 0.527. The molecule has 0 aliphatic carbocycles. The van der Waals surface area contributed by atoms with Gasteiger partial charge < -0.3 is 9.84 Å². The lowest BCUT2D eigenvalue weighted by Gasteiger charge is -2.29. The van der Waals surface area contributed by atoms with Crippen molar-refractivity contribution >= 4 is 5.97 Å². The van der Waals surface area contributed by atoms with Crippen LogP contribution in [-0.2, 0) is 11.2 Å². The third-order valence-electron chi connectivity index (χ3n) is 4.31. The zero-order valence-electron chi connectivity index (χ0n) is 12.1. The summed E-state index contributed by atoms with van der Waals surface area (Å²) in [5.41, 5.74) is 1.82. The molecule has 0 fully saturated rings. The summed E-state index contributed by atoms with van der Waals surface area (Å²) in [5.74, 6) is 0.761. The van der Waals surface area contributed by atoms with Crippen LogP contribution in [0, 0.1) is 5.92 Å². The number of nitrogens with zero attached hydrogens (tertiary/aromatic N) is 1. The Labute approximate surface area is 125 Å². The van der Waals surface area contributed by atoms with Crippen molar-refractivity contribution in [2.45, 2.75) is 19.3 Å². The summed E-state index contributed by atoms with van der Waals surface area (Å²) >= 11 is 0. The molecule has 1 atom stereocenters. The van der Waals surface area contributed by atoms with Crippen LogP contribution in [0.5, 0.6) is 5.75 Å². The predicted octanol–water partition coefficient (Wildman–Crippen LogP) is 2.34. The molecule has 1 aromatic carbocycles. The van der Waals surface area contributed by atoms with E-state index in [9.17, 15) is 4.79 Å². The standard InChI is InChI=1S/C17H21NO3/c19-17(20)15-5-3-8-18(11-15)9-7-13-10-14-4-1-2-6-16(14)21-12-13/h1-2,4-6,13H,3,7-12H2,(H,19,20). The van der Waals surface area contributed by atoms with Crippen LogP contribution >= 0.6 is 0 Å². The van der Waals surface area contributed by atoms with E-state index >= 15 is 0 Å². The van der Waals surface area contributed by atoms with Crippen molar-refractivity contribution in [3.8, 4) is 5.75 Å². The summed E-state index contributed by atoms with van der Waals surface area (Å²) < 4.78 is 5.81. The Balaban J connectivity index is 1.51. The van der Waals surface area contributed by atoms with E-state index in [1.54, 1.807) is 0 Å². The first-order valence-corrected chi connectivity index (χ1v) is 7.58. The number of aliphatic carboxylic acids is 1. The Morgan fingerprint density at radius 3 is 3.10 bits per heavy atom. The minimum atomic E-state index is -0.783. The first-order valence-electron chi connectivity index (χ1n) is 7.58. The highest BCUT2D eigenvalue weighted by Crippen LogP contribution is 2.28. The van der Waals surface area contributed by atoms with Gasteiger partial charge in [-0.2, -0.15) is 0 Å². The summed E-state index contributed by atoms with van der Waals surface area (Å²) in [7, 11) is 0. The third kappa shape index (κ3) is 3.45. The molecule has 2 aliphatic heterocycles. The van der Waals surface area contributed by atoms with E-state index in [1.165, 1.54) is 5.56 Å². The fourth-order valence-electron chi connectivity index (χ4n) is 3.09. The van der Waals surface area contributed by atoms with E-state index in [4.69, 9.17) is 9.84 Å². The number of carboxylic acid groups (broad SMARTS) is 1. The van der Waals surface area contributed by atoms with Crippen LogP contribution in [-0.4, -0.2) is 42.2 Å². The van der Waals surface area contributed by atoms with Crippen molar-refractivity contribution in [2.24, 2.45) is 5.92 Å². The summed E-state index contributed by atoms with van der Waals surface area (Å²) in [4.78, 5) is 13.3. The Morgan fingerprint density at radius 2 is 2.24 bits per heavy atom. The molecule has 4 heteroatoms. The maximum Gasteiger partial charge on any atom is 0.332 e. The molecule has 112 valence electrons. The minimum Gasteiger partial charge on any atom is -0.493 e. The van der Waals surface area contributed by atoms with Crippen molar-refractivity contribution in [1.82, 2.24) is 4.90 Å². The van der Waals surface area contributed by atoms with Gasteiger partial charge in [-0.25, -0.2) is 4.79 Å². The number of carbonyl (C=O) groups is 1. The molecule has 1 aromatic rings. The fourth-order valence-corrected chi connectivity index (χ4v) is 3.09. The number of hydrogen-bond donors (Lipinski definition) is 1. The SMILES string of the molecule is O=C(O)C1=CCCN(CCC2COc3ccccc3C2)C1. The van der Waals surface area contributed by atoms with Gasteiger partial charge in [0, 0.05) is 18.7 Å². The highest BCUT2D eigenvalue weighted by Gasteiger charge is 2.22. The van der Waals surface area contributed by atoms with Gasteiger partial charge in [0.2, 0.25) is 0 Å². The largest absolute Gasteiger partial charge is 0.493 e. The van der Waals surface area contributed by atoms with Gasteiger partial charge in [-0.3, -0.25) is 4.90 Å². The van der Waals surface area contributed by atoms with Gasteiger partial charge in [0.25, 0.3) is 0 Å². The molecule has 3 rings (SSSR count). The maximum absolute atomic E-state index is 11.0. The van der Waals surface area contributed by atoms with Crippen LogP contribution in [0.25, 0.3) is 0 Å². The number of para-hydroxylation sites is 1. The molecule has 2 aliphatic rings. The first-order chi connectivity index (χ1) is 10.2. The quantitative estimate of drug-likeness (QED) is 0.923. The first kappa shape index (κ1) is 14.1. The van der Waals surface area contributed by atoms with E-state index in [0.29, 0.717) is 18.0 Å². The molecule has 0 bridgehead atoms. The lowest BCUT2D eigenvalue weighted by Crippen LogP contribution is -2.35. The second-order valence-corrected chi connectivity index (χ2v) is 5.88. The Morgan fingerprint density at radius 1 is 1.38 bits per heavy atom. The second-order valence-electron chi connectivity index (χ2n) is 5.88. The Bertz CT molecular complexity index is 553. The van der Waals surface area contributed by atoms with Gasteiger partial charge in [-0.1, -0.05) is 24.3 Å². The summed E-state index contributed by atoms with van der Waals surface area (Å²) in [6.07, 6.45) is 4.80. The van der Waals surface area contributed by atoms with Crippen molar-refractivity contribution < 1.29 is 14.6 Å². The molecule has 4 nitrogen and oxygen atoms in total. The summed E-state index contributed by atoms with van der Waals surface area (Å²) in [5, 5.41) is 9.07. The molecule has 0 spiro atoms. The van der Waals surface area contributed by atoms with E-state index in [0.717, 1.165) is 44.7 Å². The van der Waals surface area contributed by atoms with Crippen molar-refractivity contribution in [1.29, 1.82) is 0 Å². The summed E-state index contributed by atoms with van der Waals surface area (Å²) in [6, 6.07) is 8.22. The molecule has 0 saturated carbocycles. The van der Waals surface area contributed by atoms with E-state index < -0.39 is 5.97 Å². The number of hydrogen-bond acceptors (Lipinski definition) is 3. The molecule has 1 N–H and O–H groups in total. The number of benzene rings is 1. The lowest BCUT2D eigenvalue weighted by molar-refractivity contribution is -0.133. The van der Waals surface area contributed by atoms with Crippen LogP contribution in [0.1, 0.15) is 18.4 Å². The van der Waals surface area contributed by atoms with Gasteiger partial charge >= 0.3 is 5.97 Å². The second kappa shape index (κ2) is 6.31. The summed E-state index contributed by atoms with van der Waals surface area (Å²) in [6.45, 7) is 3.24. The van der Waals surface area contributed by atoms with Crippen LogP contribution in [0.4, 0.5) is 0 Å². The number of ether oxygens (including phenoxy) is 1. The van der Waals surface area contributed by atoms with E-state index in [-0.39, 0.29) is 0 Å². The van der Waals surface area contributed by atoms with Crippen LogP contribution in [0.3, 0.4) is 0 Å². The Kier molecular flexibility index (Phi) is 4.25. The monoisotopic (exact) mass is 287 g/mol. The number of carboxylic acids is 1. The average molecular weight is 287 g/mol. The van der Waals surface area contributed by atoms with Crippen molar-refractivity contribution in [3.63, 3.8) is 0 Å². The molecule has 0 saturated heterocycles. The highest BCUT2D eigenvalue weighted by atomic mass is 16.5. The highest BCUT2D eigenvalue weighted by molar-refractivity contribution is 5.87. The molecule has 2 heterocycles. The lowest BCUT2D eigenvalue weighted by atomic mass is 9.93. The van der Waals surface area contributed by atoms with Crippen LogP contribution in [0.15, 0.2) is 35.9 Å². The molecule has 0 amide bonds. The third-order valence-corrected chi connectivity index (χ3v) is 4.31. The van der Waals surface area contributed by atoms with Gasteiger partial charge in [0.05, 0.1) is 6.61 Å². The normalized spacial score (nSPS) is 22.1. The van der Waals surface area contributed by atoms with Gasteiger partial charge in [-0.05, 0) is 43.4 Å². The molecule has 21 heavy (non-hydrogen) atoms. The molecule has 0 aromatic heterocycles. The van der Waals surface area contributed by atoms with E-state index in [1.807, 2.05) is 18.2 Å². The smallest absolute Gasteiger partial charge is 0.332 e. The molecular formula is C17H21NO3. The van der Waals surface area contributed by atoms with Crippen molar-refractivity contribution in [3.05, 3.63) is 41.5 Å². The molecular weight excluding hydrogens is 266 g/mol. The van der Waals surface area contributed by atoms with Gasteiger partial charge in [0.1, 0.15) is 5.75 Å². The zero-order chi connectivity index (χ0) is 14.7. The maximum atomic E-state index is 11.0. The zero-order valence-corrected chi connectivity index (χ0v) is 12.1. The van der Waals surface area contributed by atoms with Crippen molar-refractivity contribution in [2.75, 3.05) is 26.2 Å².